The highest BCUT2D eigenvalue weighted by Gasteiger charge is 2.12. The Morgan fingerprint density at radius 3 is 2.85 bits per heavy atom. The lowest BCUT2D eigenvalue weighted by molar-refractivity contribution is 0.222. The van der Waals surface area contributed by atoms with Crippen LogP contribution >= 0.6 is 0 Å². The molecule has 0 unspecified atom stereocenters. The first kappa shape index (κ1) is 14.7. The van der Waals surface area contributed by atoms with E-state index in [1.165, 1.54) is 0 Å². The number of fused-ring (bicyclic) bond motifs is 1. The summed E-state index contributed by atoms with van der Waals surface area (Å²) in [5.74, 6) is 1.57. The number of anilines is 1. The second-order valence-corrected chi connectivity index (χ2v) is 4.69. The molecule has 0 aromatic carbocycles. The first-order valence-electron chi connectivity index (χ1n) is 6.89. The summed E-state index contributed by atoms with van der Waals surface area (Å²) in [4.78, 5) is 11.3. The van der Waals surface area contributed by atoms with Crippen molar-refractivity contribution in [3.05, 3.63) is 12.0 Å². The van der Waals surface area contributed by atoms with Crippen LogP contribution in [0.25, 0.3) is 11.0 Å². The van der Waals surface area contributed by atoms with Crippen molar-refractivity contribution in [1.82, 2.24) is 24.6 Å². The van der Waals surface area contributed by atoms with Crippen LogP contribution in [0.1, 0.15) is 19.2 Å². The number of nitrogens with zero attached hydrogens (tertiary/aromatic N) is 5. The van der Waals surface area contributed by atoms with Crippen LogP contribution in [-0.2, 0) is 13.6 Å². The lowest BCUT2D eigenvalue weighted by Crippen LogP contribution is -2.26. The molecular weight excluding hydrogens is 256 g/mol. The summed E-state index contributed by atoms with van der Waals surface area (Å²) < 4.78 is 1.76. The van der Waals surface area contributed by atoms with Crippen LogP contribution < -0.4 is 5.32 Å². The van der Waals surface area contributed by atoms with Gasteiger partial charge in [0.05, 0.1) is 18.1 Å². The normalized spacial score (nSPS) is 11.4. The minimum atomic E-state index is 0.208. The Hall–Kier alpha value is -1.73. The first-order valence-corrected chi connectivity index (χ1v) is 6.89. The lowest BCUT2D eigenvalue weighted by atomic mass is 10.3. The zero-order valence-corrected chi connectivity index (χ0v) is 12.3. The van der Waals surface area contributed by atoms with Crippen molar-refractivity contribution >= 4 is 16.9 Å². The molecule has 0 saturated carbocycles. The van der Waals surface area contributed by atoms with E-state index >= 15 is 0 Å². The molecule has 0 radical (unpaired) electrons. The Kier molecular flexibility index (Phi) is 4.86. The fraction of sp³-hybridized carbons (Fsp3) is 0.615. The molecule has 7 heteroatoms. The van der Waals surface area contributed by atoms with Crippen molar-refractivity contribution < 1.29 is 5.11 Å². The molecule has 0 aliphatic carbocycles. The standard InChI is InChI=1S/C13H22N6O/c1-4-19(6-5-7-20)9-11-16-12(14-2)10-8-15-18(3)13(10)17-11/h8,20H,4-7,9H2,1-3H3,(H,14,16,17). The van der Waals surface area contributed by atoms with Crippen LogP contribution in [-0.4, -0.2) is 56.5 Å². The average molecular weight is 278 g/mol. The highest BCUT2D eigenvalue weighted by molar-refractivity contribution is 5.86. The summed E-state index contributed by atoms with van der Waals surface area (Å²) in [7, 11) is 3.73. The Bertz CT molecular complexity index is 567. The van der Waals surface area contributed by atoms with Crippen molar-refractivity contribution in [3.8, 4) is 0 Å². The number of aromatic nitrogens is 4. The molecule has 2 heterocycles. The molecule has 20 heavy (non-hydrogen) atoms. The molecule has 0 aliphatic rings. The van der Waals surface area contributed by atoms with E-state index in [9.17, 15) is 0 Å². The molecule has 0 saturated heterocycles. The van der Waals surface area contributed by atoms with E-state index < -0.39 is 0 Å². The summed E-state index contributed by atoms with van der Waals surface area (Å²) in [6, 6.07) is 0. The summed E-state index contributed by atoms with van der Waals surface area (Å²) in [5, 5.41) is 17.2. The molecule has 7 nitrogen and oxygen atoms in total. The van der Waals surface area contributed by atoms with Crippen LogP contribution in [0.4, 0.5) is 5.82 Å². The Morgan fingerprint density at radius 1 is 1.40 bits per heavy atom. The second kappa shape index (κ2) is 6.62. The molecule has 2 aromatic heterocycles. The van der Waals surface area contributed by atoms with Gasteiger partial charge in [-0.3, -0.25) is 9.58 Å². The molecule has 110 valence electrons. The largest absolute Gasteiger partial charge is 0.396 e. The van der Waals surface area contributed by atoms with Gasteiger partial charge in [0, 0.05) is 27.2 Å². The summed E-state index contributed by atoms with van der Waals surface area (Å²) >= 11 is 0. The maximum atomic E-state index is 8.93. The third kappa shape index (κ3) is 3.05. The summed E-state index contributed by atoms with van der Waals surface area (Å²) in [6.07, 6.45) is 2.54. The van der Waals surface area contributed by atoms with E-state index in [1.54, 1.807) is 10.9 Å². The minimum Gasteiger partial charge on any atom is -0.396 e. The van der Waals surface area contributed by atoms with E-state index in [1.807, 2.05) is 14.1 Å². The molecule has 0 spiro atoms. The number of aliphatic hydroxyl groups is 1. The third-order valence-corrected chi connectivity index (χ3v) is 3.32. The van der Waals surface area contributed by atoms with E-state index in [-0.39, 0.29) is 6.61 Å². The van der Waals surface area contributed by atoms with Crippen LogP contribution in [0, 0.1) is 0 Å². The molecular formula is C13H22N6O. The molecule has 2 rings (SSSR count). The molecule has 0 amide bonds. The Morgan fingerprint density at radius 2 is 2.20 bits per heavy atom. The average Bonchev–Trinajstić information content (AvgIpc) is 2.84. The number of aryl methyl sites for hydroxylation is 1. The van der Waals surface area contributed by atoms with Crippen molar-refractivity contribution in [2.45, 2.75) is 19.9 Å². The van der Waals surface area contributed by atoms with Gasteiger partial charge >= 0.3 is 0 Å². The summed E-state index contributed by atoms with van der Waals surface area (Å²) in [6.45, 7) is 4.72. The molecule has 2 N–H and O–H groups in total. The third-order valence-electron chi connectivity index (χ3n) is 3.32. The SMILES string of the molecule is CCN(CCCO)Cc1nc(NC)c2cnn(C)c2n1. The zero-order chi connectivity index (χ0) is 14.5. The van der Waals surface area contributed by atoms with Gasteiger partial charge in [0.15, 0.2) is 5.65 Å². The smallest absolute Gasteiger partial charge is 0.163 e. The second-order valence-electron chi connectivity index (χ2n) is 4.69. The van der Waals surface area contributed by atoms with Crippen LogP contribution in [0.15, 0.2) is 6.20 Å². The Balaban J connectivity index is 2.27. The first-order chi connectivity index (χ1) is 9.69. The van der Waals surface area contributed by atoms with Crippen molar-refractivity contribution in [2.75, 3.05) is 32.1 Å². The maximum Gasteiger partial charge on any atom is 0.163 e. The van der Waals surface area contributed by atoms with Gasteiger partial charge in [-0.2, -0.15) is 5.10 Å². The molecule has 0 fully saturated rings. The number of hydrogen-bond acceptors (Lipinski definition) is 6. The minimum absolute atomic E-state index is 0.208. The van der Waals surface area contributed by atoms with Gasteiger partial charge in [0.25, 0.3) is 0 Å². The lowest BCUT2D eigenvalue weighted by Gasteiger charge is -2.19. The van der Waals surface area contributed by atoms with E-state index in [0.29, 0.717) is 6.54 Å². The number of rotatable bonds is 7. The van der Waals surface area contributed by atoms with Crippen molar-refractivity contribution in [3.63, 3.8) is 0 Å². The molecule has 0 bridgehead atoms. The monoisotopic (exact) mass is 278 g/mol. The Labute approximate surface area is 118 Å². The number of aliphatic hydroxyl groups excluding tert-OH is 1. The van der Waals surface area contributed by atoms with Crippen molar-refractivity contribution in [2.24, 2.45) is 7.05 Å². The quantitative estimate of drug-likeness (QED) is 0.772. The van der Waals surface area contributed by atoms with Crippen LogP contribution in [0.5, 0.6) is 0 Å². The van der Waals surface area contributed by atoms with E-state index in [4.69, 9.17) is 5.11 Å². The number of hydrogen-bond donors (Lipinski definition) is 2. The van der Waals surface area contributed by atoms with Crippen LogP contribution in [0.2, 0.25) is 0 Å². The molecule has 0 atom stereocenters. The fourth-order valence-electron chi connectivity index (χ4n) is 2.17. The predicted molar refractivity (Wildman–Crippen MR) is 78.5 cm³/mol. The topological polar surface area (TPSA) is 79.1 Å². The van der Waals surface area contributed by atoms with Gasteiger partial charge in [0.1, 0.15) is 11.6 Å². The van der Waals surface area contributed by atoms with E-state index in [2.05, 4.69) is 32.2 Å². The van der Waals surface area contributed by atoms with E-state index in [0.717, 1.165) is 42.2 Å². The fourth-order valence-corrected chi connectivity index (χ4v) is 2.17. The zero-order valence-electron chi connectivity index (χ0n) is 12.3. The van der Waals surface area contributed by atoms with Crippen LogP contribution in [0.3, 0.4) is 0 Å². The van der Waals surface area contributed by atoms with Gasteiger partial charge in [-0.15, -0.1) is 0 Å². The predicted octanol–water partition coefficient (Wildman–Crippen LogP) is 0.609. The van der Waals surface area contributed by atoms with Gasteiger partial charge < -0.3 is 10.4 Å². The highest BCUT2D eigenvalue weighted by Crippen LogP contribution is 2.19. The van der Waals surface area contributed by atoms with Gasteiger partial charge in [-0.25, -0.2) is 9.97 Å². The highest BCUT2D eigenvalue weighted by atomic mass is 16.3. The molecule has 0 aliphatic heterocycles. The van der Waals surface area contributed by atoms with Gasteiger partial charge in [-0.05, 0) is 13.0 Å². The molecule has 2 aromatic rings. The van der Waals surface area contributed by atoms with Gasteiger partial charge in [0.2, 0.25) is 0 Å². The van der Waals surface area contributed by atoms with Gasteiger partial charge in [-0.1, -0.05) is 6.92 Å². The van der Waals surface area contributed by atoms with Crippen molar-refractivity contribution in [1.29, 1.82) is 0 Å². The number of nitrogens with one attached hydrogen (secondary N) is 1. The summed E-state index contributed by atoms with van der Waals surface area (Å²) in [5.41, 5.74) is 0.831. The maximum absolute atomic E-state index is 8.93.